The lowest BCUT2D eigenvalue weighted by atomic mass is 10.0. The molecule has 0 rings (SSSR count). The summed E-state index contributed by atoms with van der Waals surface area (Å²) in [7, 11) is 0. The maximum Gasteiger partial charge on any atom is 0.132 e. The van der Waals surface area contributed by atoms with E-state index in [9.17, 15) is 9.90 Å². The molecule has 15 heavy (non-hydrogen) atoms. The molecule has 3 heteroatoms. The molecule has 0 aliphatic rings. The number of halogens is 1. The molecule has 2 nitrogen and oxygen atoms in total. The number of aliphatic hydroxyl groups is 1. The fourth-order valence-corrected chi connectivity index (χ4v) is 2.25. The van der Waals surface area contributed by atoms with Crippen molar-refractivity contribution in [2.75, 3.05) is 0 Å². The number of carbonyl (C=O) groups is 1. The largest absolute Gasteiger partial charge is 0.392 e. The number of Topliss-reactive ketones (excluding diaryl/α,β-unsaturated/α-hetero) is 1. The highest BCUT2D eigenvalue weighted by Crippen LogP contribution is 2.18. The van der Waals surface area contributed by atoms with Gasteiger partial charge in [-0.3, -0.25) is 4.79 Å². The molecule has 2 atom stereocenters. The molecule has 0 spiro atoms. The lowest BCUT2D eigenvalue weighted by Crippen LogP contribution is -2.22. The third kappa shape index (κ3) is 9.30. The number of alkyl halides is 1. The highest BCUT2D eigenvalue weighted by molar-refractivity contribution is 14.1. The molecule has 0 aliphatic heterocycles. The van der Waals surface area contributed by atoms with Crippen LogP contribution in [0.5, 0.6) is 0 Å². The van der Waals surface area contributed by atoms with Crippen LogP contribution in [0.2, 0.25) is 0 Å². The van der Waals surface area contributed by atoms with Gasteiger partial charge in [0.05, 0.1) is 6.10 Å². The van der Waals surface area contributed by atoms with Crippen LogP contribution in [-0.2, 0) is 4.79 Å². The molecule has 0 aromatic carbocycles. The van der Waals surface area contributed by atoms with Gasteiger partial charge in [0.2, 0.25) is 0 Å². The average molecular weight is 326 g/mol. The van der Waals surface area contributed by atoms with Gasteiger partial charge >= 0.3 is 0 Å². The molecule has 1 N–H and O–H groups in total. The quantitative estimate of drug-likeness (QED) is 0.400. The molecular formula is C12H23IO2. The Hall–Kier alpha value is 0.360. The summed E-state index contributed by atoms with van der Waals surface area (Å²) in [5, 5.41) is 9.66. The first-order valence-corrected chi connectivity index (χ1v) is 7.14. The van der Waals surface area contributed by atoms with Gasteiger partial charge in [0.15, 0.2) is 0 Å². The molecule has 0 bridgehead atoms. The first kappa shape index (κ1) is 15.4. The lowest BCUT2D eigenvalue weighted by Gasteiger charge is -2.15. The predicted octanol–water partition coefficient (Wildman–Crippen LogP) is 3.49. The van der Waals surface area contributed by atoms with Crippen molar-refractivity contribution in [1.82, 2.24) is 0 Å². The van der Waals surface area contributed by atoms with Gasteiger partial charge in [-0.15, -0.1) is 0 Å². The first-order valence-electron chi connectivity index (χ1n) is 5.89. The number of unbranched alkanes of at least 4 members (excludes halogenated alkanes) is 4. The van der Waals surface area contributed by atoms with Gasteiger partial charge in [-0.25, -0.2) is 0 Å². The van der Waals surface area contributed by atoms with Crippen LogP contribution < -0.4 is 0 Å². The standard InChI is InChI=1S/C12H23IO2/c1-3-4-5-6-7-8-11(13)12(15)9-10(2)14/h11-12,15H,3-9H2,1-2H3. The first-order chi connectivity index (χ1) is 7.07. The van der Waals surface area contributed by atoms with Crippen LogP contribution in [0.3, 0.4) is 0 Å². The molecule has 0 amide bonds. The van der Waals surface area contributed by atoms with Gasteiger partial charge in [0.25, 0.3) is 0 Å². The average Bonchev–Trinajstić information content (AvgIpc) is 2.16. The van der Waals surface area contributed by atoms with E-state index in [1.54, 1.807) is 0 Å². The zero-order valence-corrected chi connectivity index (χ0v) is 12.0. The fourth-order valence-electron chi connectivity index (χ4n) is 1.56. The van der Waals surface area contributed by atoms with E-state index in [-0.39, 0.29) is 9.71 Å². The Labute approximate surface area is 107 Å². The second-order valence-electron chi connectivity index (χ2n) is 4.19. The molecule has 0 aromatic heterocycles. The Bertz CT molecular complexity index is 171. The van der Waals surface area contributed by atoms with E-state index < -0.39 is 6.10 Å². The summed E-state index contributed by atoms with van der Waals surface area (Å²) in [4.78, 5) is 10.8. The van der Waals surface area contributed by atoms with E-state index in [0.29, 0.717) is 6.42 Å². The third-order valence-electron chi connectivity index (χ3n) is 2.50. The highest BCUT2D eigenvalue weighted by atomic mass is 127. The van der Waals surface area contributed by atoms with E-state index >= 15 is 0 Å². The molecule has 0 heterocycles. The van der Waals surface area contributed by atoms with Crippen LogP contribution in [-0.4, -0.2) is 20.9 Å². The van der Waals surface area contributed by atoms with Gasteiger partial charge in [-0.1, -0.05) is 61.6 Å². The number of hydrogen-bond acceptors (Lipinski definition) is 2. The number of aliphatic hydroxyl groups excluding tert-OH is 1. The summed E-state index contributed by atoms with van der Waals surface area (Å²) in [5.41, 5.74) is 0. The van der Waals surface area contributed by atoms with Crippen molar-refractivity contribution in [2.45, 2.75) is 68.8 Å². The van der Waals surface area contributed by atoms with E-state index in [4.69, 9.17) is 0 Å². The van der Waals surface area contributed by atoms with Gasteiger partial charge < -0.3 is 5.11 Å². The maximum atomic E-state index is 10.8. The summed E-state index contributed by atoms with van der Waals surface area (Å²) in [6, 6.07) is 0. The normalized spacial score (nSPS) is 14.9. The summed E-state index contributed by atoms with van der Waals surface area (Å²) < 4.78 is 0.230. The number of rotatable bonds is 9. The van der Waals surface area contributed by atoms with Crippen molar-refractivity contribution in [3.63, 3.8) is 0 Å². The predicted molar refractivity (Wildman–Crippen MR) is 72.5 cm³/mol. The Morgan fingerprint density at radius 2 is 1.87 bits per heavy atom. The summed E-state index contributed by atoms with van der Waals surface area (Å²) in [6.07, 6.45) is 7.17. The molecule has 0 aromatic rings. The SMILES string of the molecule is CCCCCCCC(I)C(O)CC(C)=O. The van der Waals surface area contributed by atoms with Crippen LogP contribution >= 0.6 is 22.6 Å². The van der Waals surface area contributed by atoms with Crippen molar-refractivity contribution >= 4 is 28.4 Å². The van der Waals surface area contributed by atoms with E-state index in [2.05, 4.69) is 29.5 Å². The maximum absolute atomic E-state index is 10.8. The second kappa shape index (κ2) is 9.58. The summed E-state index contributed by atoms with van der Waals surface area (Å²) in [6.45, 7) is 3.74. The Balaban J connectivity index is 3.46. The topological polar surface area (TPSA) is 37.3 Å². The van der Waals surface area contributed by atoms with E-state index in [1.165, 1.54) is 39.0 Å². The molecule has 0 saturated heterocycles. The highest BCUT2D eigenvalue weighted by Gasteiger charge is 2.16. The van der Waals surface area contributed by atoms with Crippen LogP contribution in [0.25, 0.3) is 0 Å². The van der Waals surface area contributed by atoms with Crippen molar-refractivity contribution in [1.29, 1.82) is 0 Å². The molecule has 90 valence electrons. The minimum atomic E-state index is -0.450. The molecule has 0 aliphatic carbocycles. The zero-order chi connectivity index (χ0) is 11.7. The van der Waals surface area contributed by atoms with Crippen molar-refractivity contribution in [3.8, 4) is 0 Å². The minimum absolute atomic E-state index is 0.0788. The molecule has 0 saturated carbocycles. The molecule has 0 radical (unpaired) electrons. The fraction of sp³-hybridized carbons (Fsp3) is 0.917. The van der Waals surface area contributed by atoms with Gasteiger partial charge in [-0.2, -0.15) is 0 Å². The van der Waals surface area contributed by atoms with Crippen LogP contribution in [0.1, 0.15) is 58.8 Å². The Morgan fingerprint density at radius 1 is 1.27 bits per heavy atom. The third-order valence-corrected chi connectivity index (χ3v) is 3.95. The number of carbonyl (C=O) groups excluding carboxylic acids is 1. The van der Waals surface area contributed by atoms with E-state index in [0.717, 1.165) is 6.42 Å². The van der Waals surface area contributed by atoms with Gasteiger partial charge in [0, 0.05) is 10.3 Å². The van der Waals surface area contributed by atoms with Crippen molar-refractivity contribution in [2.24, 2.45) is 0 Å². The number of ketones is 1. The monoisotopic (exact) mass is 326 g/mol. The van der Waals surface area contributed by atoms with Crippen LogP contribution in [0, 0.1) is 0 Å². The second-order valence-corrected chi connectivity index (χ2v) is 5.79. The Kier molecular flexibility index (Phi) is 9.81. The van der Waals surface area contributed by atoms with E-state index in [1.807, 2.05) is 0 Å². The lowest BCUT2D eigenvalue weighted by molar-refractivity contribution is -0.118. The van der Waals surface area contributed by atoms with Gasteiger partial charge in [0.1, 0.15) is 5.78 Å². The number of hydrogen-bond donors (Lipinski definition) is 1. The molecule has 2 unspecified atom stereocenters. The molecular weight excluding hydrogens is 303 g/mol. The Morgan fingerprint density at radius 3 is 2.40 bits per heavy atom. The van der Waals surface area contributed by atoms with Crippen LogP contribution in [0.15, 0.2) is 0 Å². The molecule has 0 fully saturated rings. The smallest absolute Gasteiger partial charge is 0.132 e. The zero-order valence-electron chi connectivity index (χ0n) is 9.84. The summed E-state index contributed by atoms with van der Waals surface area (Å²) >= 11 is 2.26. The van der Waals surface area contributed by atoms with Crippen LogP contribution in [0.4, 0.5) is 0 Å². The van der Waals surface area contributed by atoms with Crippen molar-refractivity contribution in [3.05, 3.63) is 0 Å². The van der Waals surface area contributed by atoms with Gasteiger partial charge in [-0.05, 0) is 13.3 Å². The minimum Gasteiger partial charge on any atom is -0.392 e. The summed E-state index contributed by atoms with van der Waals surface area (Å²) in [5.74, 6) is 0.0788. The van der Waals surface area contributed by atoms with Crippen molar-refractivity contribution < 1.29 is 9.90 Å².